The van der Waals surface area contributed by atoms with Gasteiger partial charge in [0.2, 0.25) is 20.0 Å². The highest BCUT2D eigenvalue weighted by Crippen LogP contribution is 2.19. The Balaban J connectivity index is 1.96. The van der Waals surface area contributed by atoms with Gasteiger partial charge in [0.05, 0.1) is 5.75 Å². The Kier molecular flexibility index (Phi) is 4.85. The topological polar surface area (TPSA) is 83.6 Å². The van der Waals surface area contributed by atoms with Crippen LogP contribution in [-0.4, -0.2) is 46.0 Å². The van der Waals surface area contributed by atoms with Crippen LogP contribution >= 0.6 is 11.3 Å². The second-order valence-corrected chi connectivity index (χ2v) is 9.77. The molecule has 1 aromatic heterocycles. The molecule has 0 saturated carbocycles. The number of sulfonamides is 2. The highest BCUT2D eigenvalue weighted by atomic mass is 32.2. The molecule has 6 nitrogen and oxygen atoms in total. The predicted molar refractivity (Wildman–Crippen MR) is 78.7 cm³/mol. The van der Waals surface area contributed by atoms with Crippen molar-refractivity contribution in [2.45, 2.75) is 30.0 Å². The molecular formula is C11H18N2O4S3. The van der Waals surface area contributed by atoms with Crippen molar-refractivity contribution in [1.82, 2.24) is 9.03 Å². The van der Waals surface area contributed by atoms with Crippen LogP contribution in [-0.2, 0) is 20.0 Å². The molecule has 2 rings (SSSR count). The number of rotatable bonds is 5. The number of hydrogen-bond donors (Lipinski definition) is 1. The van der Waals surface area contributed by atoms with Crippen molar-refractivity contribution in [3.63, 3.8) is 0 Å². The predicted octanol–water partition coefficient (Wildman–Crippen LogP) is 0.840. The van der Waals surface area contributed by atoms with Crippen LogP contribution < -0.4 is 4.72 Å². The first-order valence-electron chi connectivity index (χ1n) is 6.39. The van der Waals surface area contributed by atoms with Crippen LogP contribution in [0.2, 0.25) is 0 Å². The van der Waals surface area contributed by atoms with E-state index in [0.29, 0.717) is 30.1 Å². The fourth-order valence-corrected chi connectivity index (χ4v) is 5.58. The molecule has 0 aromatic carbocycles. The average molecular weight is 338 g/mol. The summed E-state index contributed by atoms with van der Waals surface area (Å²) in [5.74, 6) is 0.0819. The van der Waals surface area contributed by atoms with Crippen molar-refractivity contribution in [2.24, 2.45) is 0 Å². The molecule has 0 unspecified atom stereocenters. The summed E-state index contributed by atoms with van der Waals surface area (Å²) in [6.45, 7) is 2.35. The van der Waals surface area contributed by atoms with Gasteiger partial charge in [-0.1, -0.05) is 6.07 Å². The molecule has 1 saturated heterocycles. The van der Waals surface area contributed by atoms with Crippen LogP contribution in [0.5, 0.6) is 0 Å². The van der Waals surface area contributed by atoms with E-state index >= 15 is 0 Å². The Bertz CT molecular complexity index is 629. The zero-order chi connectivity index (χ0) is 14.8. The Morgan fingerprint density at radius 3 is 2.45 bits per heavy atom. The minimum Gasteiger partial charge on any atom is -0.212 e. The van der Waals surface area contributed by atoms with Gasteiger partial charge in [-0.2, -0.15) is 0 Å². The molecular weight excluding hydrogens is 320 g/mol. The number of nitrogens with zero attached hydrogens (tertiary/aromatic N) is 1. The van der Waals surface area contributed by atoms with Crippen LogP contribution in [0.1, 0.15) is 19.8 Å². The van der Waals surface area contributed by atoms with E-state index in [0.717, 1.165) is 0 Å². The van der Waals surface area contributed by atoms with Gasteiger partial charge < -0.3 is 0 Å². The first kappa shape index (κ1) is 15.9. The molecule has 0 spiro atoms. The third kappa shape index (κ3) is 3.59. The van der Waals surface area contributed by atoms with Crippen LogP contribution in [0.25, 0.3) is 0 Å². The van der Waals surface area contributed by atoms with Gasteiger partial charge in [0.1, 0.15) is 4.21 Å². The van der Waals surface area contributed by atoms with Crippen LogP contribution in [0, 0.1) is 0 Å². The van der Waals surface area contributed by atoms with Crippen molar-refractivity contribution in [2.75, 3.05) is 18.8 Å². The molecule has 1 aliphatic heterocycles. The van der Waals surface area contributed by atoms with Gasteiger partial charge in [0.25, 0.3) is 0 Å². The van der Waals surface area contributed by atoms with Crippen LogP contribution in [0.4, 0.5) is 0 Å². The molecule has 2 heterocycles. The number of thiophene rings is 1. The van der Waals surface area contributed by atoms with E-state index in [9.17, 15) is 16.8 Å². The molecule has 1 fully saturated rings. The van der Waals surface area contributed by atoms with E-state index in [1.54, 1.807) is 24.4 Å². The van der Waals surface area contributed by atoms with E-state index in [1.807, 2.05) is 0 Å². The fourth-order valence-electron chi connectivity index (χ4n) is 2.13. The quantitative estimate of drug-likeness (QED) is 0.862. The summed E-state index contributed by atoms with van der Waals surface area (Å²) in [6, 6.07) is 3.05. The lowest BCUT2D eigenvalue weighted by molar-refractivity contribution is 0.309. The van der Waals surface area contributed by atoms with Crippen molar-refractivity contribution >= 4 is 31.4 Å². The molecule has 20 heavy (non-hydrogen) atoms. The zero-order valence-corrected chi connectivity index (χ0v) is 13.6. The monoisotopic (exact) mass is 338 g/mol. The Labute approximate surface area is 123 Å². The molecule has 1 N–H and O–H groups in total. The SMILES string of the molecule is CCS(=O)(=O)N1CCC(NS(=O)(=O)c2cccs2)CC1. The summed E-state index contributed by atoms with van der Waals surface area (Å²) in [6.07, 6.45) is 1.01. The second-order valence-electron chi connectivity index (χ2n) is 4.63. The summed E-state index contributed by atoms with van der Waals surface area (Å²) in [7, 11) is -6.65. The van der Waals surface area contributed by atoms with Gasteiger partial charge in [0, 0.05) is 19.1 Å². The van der Waals surface area contributed by atoms with Gasteiger partial charge in [0.15, 0.2) is 0 Å². The van der Waals surface area contributed by atoms with Gasteiger partial charge in [-0.05, 0) is 31.2 Å². The van der Waals surface area contributed by atoms with E-state index in [4.69, 9.17) is 0 Å². The third-order valence-corrected chi connectivity index (χ3v) is 8.09. The van der Waals surface area contributed by atoms with Crippen molar-refractivity contribution in [3.05, 3.63) is 17.5 Å². The lowest BCUT2D eigenvalue weighted by Crippen LogP contribution is -2.46. The van der Waals surface area contributed by atoms with Crippen molar-refractivity contribution < 1.29 is 16.8 Å². The number of piperidine rings is 1. The first-order valence-corrected chi connectivity index (χ1v) is 10.4. The van der Waals surface area contributed by atoms with Gasteiger partial charge in [-0.3, -0.25) is 0 Å². The van der Waals surface area contributed by atoms with Crippen molar-refractivity contribution in [3.8, 4) is 0 Å². The van der Waals surface area contributed by atoms with E-state index < -0.39 is 20.0 Å². The molecule has 114 valence electrons. The standard InChI is InChI=1S/C11H18N2O4S3/c1-2-19(14,15)13-7-5-10(6-8-13)12-20(16,17)11-4-3-9-18-11/h3-4,9-10,12H,2,5-8H2,1H3. The summed E-state index contributed by atoms with van der Waals surface area (Å²) in [5, 5.41) is 1.71. The summed E-state index contributed by atoms with van der Waals surface area (Å²) < 4.78 is 51.9. The minimum atomic E-state index is -3.47. The van der Waals surface area contributed by atoms with Gasteiger partial charge in [-0.25, -0.2) is 25.9 Å². The number of nitrogens with one attached hydrogen (secondary N) is 1. The smallest absolute Gasteiger partial charge is 0.212 e. The highest BCUT2D eigenvalue weighted by molar-refractivity contribution is 7.91. The van der Waals surface area contributed by atoms with Crippen LogP contribution in [0.15, 0.2) is 21.7 Å². The summed E-state index contributed by atoms with van der Waals surface area (Å²) in [5.41, 5.74) is 0. The molecule has 1 aliphatic rings. The normalized spacial score (nSPS) is 19.2. The second kappa shape index (κ2) is 6.10. The molecule has 0 atom stereocenters. The molecule has 0 aliphatic carbocycles. The minimum absolute atomic E-state index is 0.0819. The maximum Gasteiger partial charge on any atom is 0.250 e. The molecule has 0 amide bonds. The molecule has 1 aromatic rings. The van der Waals surface area contributed by atoms with Gasteiger partial charge in [-0.15, -0.1) is 11.3 Å². The molecule has 9 heteroatoms. The Morgan fingerprint density at radius 1 is 1.30 bits per heavy atom. The summed E-state index contributed by atoms with van der Waals surface area (Å²) in [4.78, 5) is 0. The average Bonchev–Trinajstić information content (AvgIpc) is 2.93. The largest absolute Gasteiger partial charge is 0.250 e. The number of hydrogen-bond acceptors (Lipinski definition) is 5. The maximum absolute atomic E-state index is 12.1. The zero-order valence-electron chi connectivity index (χ0n) is 11.1. The Morgan fingerprint density at radius 2 is 1.95 bits per heavy atom. The first-order chi connectivity index (χ1) is 9.35. The van der Waals surface area contributed by atoms with E-state index in [1.165, 1.54) is 15.6 Å². The van der Waals surface area contributed by atoms with Crippen molar-refractivity contribution in [1.29, 1.82) is 0 Å². The van der Waals surface area contributed by atoms with E-state index in [2.05, 4.69) is 4.72 Å². The molecule has 0 radical (unpaired) electrons. The van der Waals surface area contributed by atoms with Gasteiger partial charge >= 0.3 is 0 Å². The van der Waals surface area contributed by atoms with Crippen LogP contribution in [0.3, 0.4) is 0 Å². The Hall–Kier alpha value is -0.480. The lowest BCUT2D eigenvalue weighted by atomic mass is 10.1. The third-order valence-electron chi connectivity index (χ3n) is 3.29. The van der Waals surface area contributed by atoms with E-state index in [-0.39, 0.29) is 11.8 Å². The summed E-state index contributed by atoms with van der Waals surface area (Å²) >= 11 is 1.17. The highest BCUT2D eigenvalue weighted by Gasteiger charge is 2.29. The lowest BCUT2D eigenvalue weighted by Gasteiger charge is -2.31. The molecule has 0 bridgehead atoms. The fraction of sp³-hybridized carbons (Fsp3) is 0.636. The maximum atomic E-state index is 12.1.